The quantitative estimate of drug-likeness (QED) is 0.600. The fourth-order valence-electron chi connectivity index (χ4n) is 3.28. The summed E-state index contributed by atoms with van der Waals surface area (Å²) in [5, 5.41) is 3.16. The van der Waals surface area contributed by atoms with Crippen LogP contribution in [0.4, 0.5) is 0 Å². The minimum Gasteiger partial charge on any atom is -0.310 e. The second kappa shape index (κ2) is 7.10. The molecule has 1 heterocycles. The molecule has 0 aliphatic rings. The molecule has 26 heavy (non-hydrogen) atoms. The molecule has 0 bridgehead atoms. The van der Waals surface area contributed by atoms with Crippen molar-refractivity contribution in [2.24, 2.45) is 0 Å². The second-order valence-electron chi connectivity index (χ2n) is 6.70. The van der Waals surface area contributed by atoms with E-state index in [-0.39, 0.29) is 5.56 Å². The zero-order valence-corrected chi connectivity index (χ0v) is 14.8. The number of fused-ring (bicyclic) bond motifs is 2. The maximum atomic E-state index is 12.2. The highest BCUT2D eigenvalue weighted by atomic mass is 16.1. The van der Waals surface area contributed by atoms with Gasteiger partial charge < -0.3 is 9.88 Å². The van der Waals surface area contributed by atoms with Crippen LogP contribution in [0.25, 0.3) is 21.7 Å². The molecule has 0 atom stereocenters. The lowest BCUT2D eigenvalue weighted by Crippen LogP contribution is -2.22. The first-order valence-electron chi connectivity index (χ1n) is 8.83. The molecule has 0 aliphatic heterocycles. The van der Waals surface area contributed by atoms with E-state index in [1.54, 1.807) is 6.07 Å². The molecule has 3 aromatic carbocycles. The Balaban J connectivity index is 1.44. The summed E-state index contributed by atoms with van der Waals surface area (Å²) in [7, 11) is 2.09. The number of aromatic nitrogens is 2. The summed E-state index contributed by atoms with van der Waals surface area (Å²) in [5.41, 5.74) is 1.97. The molecule has 4 nitrogen and oxygen atoms in total. The van der Waals surface area contributed by atoms with Crippen molar-refractivity contribution in [1.29, 1.82) is 0 Å². The van der Waals surface area contributed by atoms with Gasteiger partial charge in [0, 0.05) is 19.5 Å². The summed E-state index contributed by atoms with van der Waals surface area (Å²) in [4.78, 5) is 21.9. The normalized spacial score (nSPS) is 11.5. The number of hydrogen-bond acceptors (Lipinski definition) is 3. The molecule has 0 amide bonds. The van der Waals surface area contributed by atoms with Crippen LogP contribution in [-0.4, -0.2) is 28.5 Å². The van der Waals surface area contributed by atoms with Gasteiger partial charge in [-0.1, -0.05) is 48.5 Å². The van der Waals surface area contributed by atoms with E-state index in [2.05, 4.69) is 64.4 Å². The van der Waals surface area contributed by atoms with E-state index in [9.17, 15) is 4.79 Å². The number of H-pyrrole nitrogens is 1. The topological polar surface area (TPSA) is 49.0 Å². The summed E-state index contributed by atoms with van der Waals surface area (Å²) < 4.78 is 0. The number of para-hydroxylation sites is 1. The molecule has 1 N–H and O–H groups in total. The minimum atomic E-state index is -0.0669. The lowest BCUT2D eigenvalue weighted by Gasteiger charge is -2.17. The Bertz CT molecular complexity index is 1120. The van der Waals surface area contributed by atoms with Crippen molar-refractivity contribution in [3.05, 3.63) is 88.5 Å². The number of likely N-dealkylation sites (N-methyl/N-ethyl adjacent to an activating group) is 1. The SMILES string of the molecule is CN(CCc1nc2ccccc2c(=O)[nH]1)Cc1ccc2ccccc2c1. The maximum Gasteiger partial charge on any atom is 0.258 e. The third kappa shape index (κ3) is 3.51. The minimum absolute atomic E-state index is 0.0669. The number of rotatable bonds is 5. The maximum absolute atomic E-state index is 12.2. The van der Waals surface area contributed by atoms with E-state index >= 15 is 0 Å². The monoisotopic (exact) mass is 343 g/mol. The van der Waals surface area contributed by atoms with Crippen LogP contribution in [0, 0.1) is 0 Å². The average molecular weight is 343 g/mol. The van der Waals surface area contributed by atoms with E-state index in [1.807, 2.05) is 18.2 Å². The van der Waals surface area contributed by atoms with E-state index in [4.69, 9.17) is 0 Å². The van der Waals surface area contributed by atoms with Gasteiger partial charge in [-0.15, -0.1) is 0 Å². The van der Waals surface area contributed by atoms with Crippen LogP contribution < -0.4 is 5.56 Å². The Kier molecular flexibility index (Phi) is 4.50. The highest BCUT2D eigenvalue weighted by Gasteiger charge is 2.06. The van der Waals surface area contributed by atoms with Gasteiger partial charge in [0.2, 0.25) is 0 Å². The highest BCUT2D eigenvalue weighted by Crippen LogP contribution is 2.16. The van der Waals surface area contributed by atoms with E-state index in [0.717, 1.165) is 24.4 Å². The molecule has 0 fully saturated rings. The molecule has 0 unspecified atom stereocenters. The number of benzene rings is 3. The van der Waals surface area contributed by atoms with Crippen molar-refractivity contribution >= 4 is 21.7 Å². The molecule has 4 aromatic rings. The van der Waals surface area contributed by atoms with Gasteiger partial charge in [-0.2, -0.15) is 0 Å². The molecule has 0 saturated carbocycles. The van der Waals surface area contributed by atoms with Gasteiger partial charge in [-0.05, 0) is 41.6 Å². The molecule has 0 spiro atoms. The third-order valence-electron chi connectivity index (χ3n) is 4.66. The number of aromatic amines is 1. The Morgan fingerprint density at radius 2 is 1.73 bits per heavy atom. The van der Waals surface area contributed by atoms with Crippen LogP contribution in [0.3, 0.4) is 0 Å². The Hall–Kier alpha value is -2.98. The number of nitrogens with one attached hydrogen (secondary N) is 1. The first-order valence-corrected chi connectivity index (χ1v) is 8.83. The van der Waals surface area contributed by atoms with Crippen molar-refractivity contribution in [1.82, 2.24) is 14.9 Å². The molecular weight excluding hydrogens is 322 g/mol. The number of nitrogens with zero attached hydrogens (tertiary/aromatic N) is 2. The van der Waals surface area contributed by atoms with Gasteiger partial charge in [-0.25, -0.2) is 4.98 Å². The fraction of sp³-hybridized carbons (Fsp3) is 0.182. The molecule has 1 aromatic heterocycles. The van der Waals surface area contributed by atoms with Crippen molar-refractivity contribution in [2.45, 2.75) is 13.0 Å². The third-order valence-corrected chi connectivity index (χ3v) is 4.66. The zero-order chi connectivity index (χ0) is 17.9. The molecule has 4 rings (SSSR count). The van der Waals surface area contributed by atoms with E-state index in [1.165, 1.54) is 16.3 Å². The van der Waals surface area contributed by atoms with Crippen LogP contribution in [0.1, 0.15) is 11.4 Å². The van der Waals surface area contributed by atoms with Gasteiger partial charge in [0.25, 0.3) is 5.56 Å². The van der Waals surface area contributed by atoms with Crippen molar-refractivity contribution in [3.63, 3.8) is 0 Å². The molecule has 4 heteroatoms. The van der Waals surface area contributed by atoms with Gasteiger partial charge >= 0.3 is 0 Å². The summed E-state index contributed by atoms with van der Waals surface area (Å²) in [6.07, 6.45) is 0.712. The van der Waals surface area contributed by atoms with E-state index in [0.29, 0.717) is 11.8 Å². The first-order chi connectivity index (χ1) is 12.7. The zero-order valence-electron chi connectivity index (χ0n) is 14.8. The standard InChI is InChI=1S/C22H21N3O/c1-25(15-16-10-11-17-6-2-3-7-18(17)14-16)13-12-21-23-20-9-5-4-8-19(20)22(26)24-21/h2-11,14H,12-13,15H2,1H3,(H,23,24,26). The van der Waals surface area contributed by atoms with Gasteiger partial charge in [0.1, 0.15) is 5.82 Å². The van der Waals surface area contributed by atoms with Crippen LogP contribution in [0.2, 0.25) is 0 Å². The first kappa shape index (κ1) is 16.5. The largest absolute Gasteiger partial charge is 0.310 e. The Morgan fingerprint density at radius 1 is 0.962 bits per heavy atom. The summed E-state index contributed by atoms with van der Waals surface area (Å²) >= 11 is 0. The Morgan fingerprint density at radius 3 is 2.62 bits per heavy atom. The van der Waals surface area contributed by atoms with Crippen molar-refractivity contribution in [2.75, 3.05) is 13.6 Å². The highest BCUT2D eigenvalue weighted by molar-refractivity contribution is 5.83. The average Bonchev–Trinajstić information content (AvgIpc) is 2.66. The fourth-order valence-corrected chi connectivity index (χ4v) is 3.28. The summed E-state index contributed by atoms with van der Waals surface area (Å²) in [5.74, 6) is 0.735. The smallest absolute Gasteiger partial charge is 0.258 e. The Labute approximate surface area is 152 Å². The van der Waals surface area contributed by atoms with E-state index < -0.39 is 0 Å². The second-order valence-corrected chi connectivity index (χ2v) is 6.70. The van der Waals surface area contributed by atoms with Crippen LogP contribution in [-0.2, 0) is 13.0 Å². The van der Waals surface area contributed by atoms with Crippen LogP contribution in [0.5, 0.6) is 0 Å². The molecule has 0 saturated heterocycles. The van der Waals surface area contributed by atoms with Crippen molar-refractivity contribution in [3.8, 4) is 0 Å². The van der Waals surface area contributed by atoms with Gasteiger partial charge in [-0.3, -0.25) is 4.79 Å². The lowest BCUT2D eigenvalue weighted by atomic mass is 10.1. The molecule has 0 aliphatic carbocycles. The predicted octanol–water partition coefficient (Wildman–Crippen LogP) is 3.75. The summed E-state index contributed by atoms with van der Waals surface area (Å²) in [6, 6.07) is 22.4. The van der Waals surface area contributed by atoms with Crippen LogP contribution >= 0.6 is 0 Å². The molecule has 0 radical (unpaired) electrons. The summed E-state index contributed by atoms with van der Waals surface area (Å²) in [6.45, 7) is 1.69. The van der Waals surface area contributed by atoms with Crippen LogP contribution in [0.15, 0.2) is 71.5 Å². The molecular formula is C22H21N3O. The number of hydrogen-bond donors (Lipinski definition) is 1. The predicted molar refractivity (Wildman–Crippen MR) is 106 cm³/mol. The lowest BCUT2D eigenvalue weighted by molar-refractivity contribution is 0.329. The van der Waals surface area contributed by atoms with Gasteiger partial charge in [0.05, 0.1) is 10.9 Å². The molecule has 130 valence electrons. The van der Waals surface area contributed by atoms with Gasteiger partial charge in [0.15, 0.2) is 0 Å². The van der Waals surface area contributed by atoms with Crippen molar-refractivity contribution < 1.29 is 0 Å².